The molecule has 21 heavy (non-hydrogen) atoms. The summed E-state index contributed by atoms with van der Waals surface area (Å²) in [5, 5.41) is 5.81. The second-order valence-corrected chi connectivity index (χ2v) is 4.89. The van der Waals surface area contributed by atoms with E-state index in [1.807, 2.05) is 37.8 Å². The summed E-state index contributed by atoms with van der Waals surface area (Å²) in [5.74, 6) is 0.0153. The minimum Gasteiger partial charge on any atom is -0.355 e. The van der Waals surface area contributed by atoms with Crippen molar-refractivity contribution in [3.8, 4) is 0 Å². The zero-order valence-electron chi connectivity index (χ0n) is 13.3. The lowest BCUT2D eigenvalue weighted by atomic mass is 10.1. The van der Waals surface area contributed by atoms with E-state index in [1.54, 1.807) is 19.2 Å². The molecule has 2 amide bonds. The number of carbonyl (C=O) groups is 2. The van der Waals surface area contributed by atoms with Gasteiger partial charge >= 0.3 is 0 Å². The van der Waals surface area contributed by atoms with Crippen molar-refractivity contribution < 1.29 is 9.59 Å². The molecule has 0 spiro atoms. The number of hydrogen-bond donors (Lipinski definition) is 2. The molecule has 0 aliphatic carbocycles. The highest BCUT2D eigenvalue weighted by Gasteiger charge is 2.17. The number of carbonyl (C=O) groups excluding carboxylic acids is 2. The zero-order valence-corrected chi connectivity index (χ0v) is 13.3. The minimum absolute atomic E-state index is 0.0976. The van der Waals surface area contributed by atoms with Gasteiger partial charge in [-0.2, -0.15) is 0 Å². The molecule has 0 aliphatic heterocycles. The van der Waals surface area contributed by atoms with Crippen molar-refractivity contribution >= 4 is 11.8 Å². The molecule has 116 valence electrons. The van der Waals surface area contributed by atoms with E-state index in [4.69, 9.17) is 0 Å². The average Bonchev–Trinajstić information content (AvgIpc) is 2.53. The Kier molecular flexibility index (Phi) is 6.88. The Labute approximate surface area is 126 Å². The van der Waals surface area contributed by atoms with Crippen molar-refractivity contribution in [2.24, 2.45) is 0 Å². The van der Waals surface area contributed by atoms with Crippen LogP contribution in [-0.2, 0) is 11.3 Å². The van der Waals surface area contributed by atoms with Crippen LogP contribution in [0.2, 0.25) is 0 Å². The Bertz CT molecular complexity index is 467. The van der Waals surface area contributed by atoms with Gasteiger partial charge in [-0.15, -0.1) is 0 Å². The predicted octanol–water partition coefficient (Wildman–Crippen LogP) is 1.39. The van der Waals surface area contributed by atoms with Crippen LogP contribution < -0.4 is 10.6 Å². The summed E-state index contributed by atoms with van der Waals surface area (Å²) < 4.78 is 0. The van der Waals surface area contributed by atoms with E-state index in [0.717, 1.165) is 18.7 Å². The van der Waals surface area contributed by atoms with Crippen molar-refractivity contribution in [3.05, 3.63) is 35.4 Å². The third kappa shape index (κ3) is 4.86. The Morgan fingerprint density at radius 3 is 2.19 bits per heavy atom. The highest BCUT2D eigenvalue weighted by Crippen LogP contribution is 2.05. The molecule has 0 heterocycles. The first-order chi connectivity index (χ1) is 10.0. The highest BCUT2D eigenvalue weighted by atomic mass is 16.2. The summed E-state index contributed by atoms with van der Waals surface area (Å²) in [6, 6.07) is 7.14. The number of amides is 2. The molecular formula is C16H25N3O2. The maximum atomic E-state index is 12.1. The molecule has 0 aromatic heterocycles. The second kappa shape index (κ2) is 8.42. The van der Waals surface area contributed by atoms with Crippen LogP contribution >= 0.6 is 0 Å². The summed E-state index contributed by atoms with van der Waals surface area (Å²) in [6.07, 6.45) is 0. The van der Waals surface area contributed by atoms with Crippen molar-refractivity contribution in [3.63, 3.8) is 0 Å². The lowest BCUT2D eigenvalue weighted by Gasteiger charge is -2.23. The molecule has 2 N–H and O–H groups in total. The molecule has 1 aromatic carbocycles. The van der Waals surface area contributed by atoms with Crippen molar-refractivity contribution in [2.75, 3.05) is 20.1 Å². The Morgan fingerprint density at radius 1 is 1.14 bits per heavy atom. The van der Waals surface area contributed by atoms with E-state index in [-0.39, 0.29) is 17.9 Å². The van der Waals surface area contributed by atoms with Gasteiger partial charge < -0.3 is 15.5 Å². The first kappa shape index (κ1) is 17.2. The first-order valence-corrected chi connectivity index (χ1v) is 7.36. The molecule has 0 aliphatic rings. The van der Waals surface area contributed by atoms with Gasteiger partial charge in [-0.3, -0.25) is 9.59 Å². The topological polar surface area (TPSA) is 61.4 Å². The van der Waals surface area contributed by atoms with Crippen LogP contribution in [0, 0.1) is 0 Å². The van der Waals surface area contributed by atoms with E-state index in [9.17, 15) is 9.59 Å². The number of rotatable bonds is 7. The fraction of sp³-hybridized carbons (Fsp3) is 0.500. The van der Waals surface area contributed by atoms with Crippen LogP contribution in [0.3, 0.4) is 0 Å². The monoisotopic (exact) mass is 291 g/mol. The largest absolute Gasteiger partial charge is 0.355 e. The summed E-state index contributed by atoms with van der Waals surface area (Å²) in [6.45, 7) is 7.88. The van der Waals surface area contributed by atoms with Crippen molar-refractivity contribution in [2.45, 2.75) is 33.4 Å². The Morgan fingerprint density at radius 2 is 1.71 bits per heavy atom. The van der Waals surface area contributed by atoms with Crippen LogP contribution in [0.15, 0.2) is 24.3 Å². The quantitative estimate of drug-likeness (QED) is 0.798. The fourth-order valence-electron chi connectivity index (χ4n) is 2.09. The number of likely N-dealkylation sites (N-methyl/N-ethyl adjacent to an activating group) is 1. The molecular weight excluding hydrogens is 266 g/mol. The third-order valence-corrected chi connectivity index (χ3v) is 3.50. The van der Waals surface area contributed by atoms with Gasteiger partial charge in [-0.25, -0.2) is 0 Å². The van der Waals surface area contributed by atoms with Gasteiger partial charge in [0.1, 0.15) is 0 Å². The third-order valence-electron chi connectivity index (χ3n) is 3.50. The molecule has 1 unspecified atom stereocenters. The summed E-state index contributed by atoms with van der Waals surface area (Å²) in [4.78, 5) is 25.4. The van der Waals surface area contributed by atoms with Crippen molar-refractivity contribution in [1.29, 1.82) is 0 Å². The van der Waals surface area contributed by atoms with Crippen molar-refractivity contribution in [1.82, 2.24) is 15.5 Å². The van der Waals surface area contributed by atoms with Crippen LogP contribution in [-0.4, -0.2) is 42.9 Å². The second-order valence-electron chi connectivity index (χ2n) is 4.89. The number of hydrogen-bond acceptors (Lipinski definition) is 3. The zero-order chi connectivity index (χ0) is 15.8. The van der Waals surface area contributed by atoms with Gasteiger partial charge in [0.15, 0.2) is 0 Å². The maximum absolute atomic E-state index is 12.1. The maximum Gasteiger partial charge on any atom is 0.251 e. The number of benzene rings is 1. The van der Waals surface area contributed by atoms with Gasteiger partial charge in [-0.05, 0) is 38.5 Å². The molecule has 5 nitrogen and oxygen atoms in total. The fourth-order valence-corrected chi connectivity index (χ4v) is 2.09. The Hall–Kier alpha value is -1.88. The van der Waals surface area contributed by atoms with E-state index < -0.39 is 0 Å². The van der Waals surface area contributed by atoms with Gasteiger partial charge in [0.25, 0.3) is 5.91 Å². The van der Waals surface area contributed by atoms with Crippen LogP contribution in [0.5, 0.6) is 0 Å². The van der Waals surface area contributed by atoms with Crippen LogP contribution in [0.1, 0.15) is 36.7 Å². The van der Waals surface area contributed by atoms with Gasteiger partial charge in [-0.1, -0.05) is 12.1 Å². The van der Waals surface area contributed by atoms with E-state index in [2.05, 4.69) is 10.6 Å². The number of nitrogens with zero attached hydrogens (tertiary/aromatic N) is 1. The number of nitrogens with one attached hydrogen (secondary N) is 2. The van der Waals surface area contributed by atoms with E-state index >= 15 is 0 Å². The van der Waals surface area contributed by atoms with Crippen LogP contribution in [0.4, 0.5) is 0 Å². The predicted molar refractivity (Wildman–Crippen MR) is 84.1 cm³/mol. The normalized spacial score (nSPS) is 11.8. The van der Waals surface area contributed by atoms with Gasteiger partial charge in [0, 0.05) is 32.2 Å². The molecule has 1 atom stereocenters. The molecule has 0 saturated carbocycles. The molecule has 1 rings (SSSR count). The van der Waals surface area contributed by atoms with Gasteiger partial charge in [0.05, 0.1) is 6.04 Å². The smallest absolute Gasteiger partial charge is 0.251 e. The lowest BCUT2D eigenvalue weighted by Crippen LogP contribution is -2.44. The van der Waals surface area contributed by atoms with E-state index in [1.165, 1.54) is 0 Å². The molecule has 5 heteroatoms. The average molecular weight is 291 g/mol. The minimum atomic E-state index is -0.219. The van der Waals surface area contributed by atoms with Crippen LogP contribution in [0.25, 0.3) is 0 Å². The molecule has 0 radical (unpaired) electrons. The summed E-state index contributed by atoms with van der Waals surface area (Å²) >= 11 is 0. The first-order valence-electron chi connectivity index (χ1n) is 7.36. The standard InChI is InChI=1S/C16H25N3O2/c1-5-19(6-2)16(21)12(3)18-11-13-7-9-14(10-8-13)15(20)17-4/h7-10,12,18H,5-6,11H2,1-4H3,(H,17,20). The highest BCUT2D eigenvalue weighted by molar-refractivity contribution is 5.93. The summed E-state index contributed by atoms with van der Waals surface area (Å²) in [5.41, 5.74) is 1.68. The molecule has 0 bridgehead atoms. The molecule has 0 saturated heterocycles. The van der Waals surface area contributed by atoms with Gasteiger partial charge in [0.2, 0.25) is 5.91 Å². The molecule has 1 aromatic rings. The Balaban J connectivity index is 2.55. The molecule has 0 fully saturated rings. The summed E-state index contributed by atoms with van der Waals surface area (Å²) in [7, 11) is 1.61. The lowest BCUT2D eigenvalue weighted by molar-refractivity contribution is -0.132. The SMILES string of the molecule is CCN(CC)C(=O)C(C)NCc1ccc(C(=O)NC)cc1. The van der Waals surface area contributed by atoms with E-state index in [0.29, 0.717) is 12.1 Å².